The molecule has 0 N–H and O–H groups in total. The third-order valence-electron chi connectivity index (χ3n) is 3.68. The molecule has 0 aliphatic carbocycles. The van der Waals surface area contributed by atoms with Crippen LogP contribution in [-0.4, -0.2) is 19.3 Å². The van der Waals surface area contributed by atoms with Gasteiger partial charge in [-0.2, -0.15) is 4.31 Å². The summed E-state index contributed by atoms with van der Waals surface area (Å²) in [5.41, 5.74) is 2.04. The molecule has 2 aromatic rings. The van der Waals surface area contributed by atoms with Crippen LogP contribution in [0.4, 0.5) is 0 Å². The molecule has 1 aliphatic heterocycles. The van der Waals surface area contributed by atoms with E-state index in [0.717, 1.165) is 11.1 Å². The molecule has 21 heavy (non-hydrogen) atoms. The highest BCUT2D eigenvalue weighted by atomic mass is 32.2. The van der Waals surface area contributed by atoms with E-state index in [2.05, 4.69) is 0 Å². The van der Waals surface area contributed by atoms with Gasteiger partial charge >= 0.3 is 0 Å². The average molecular weight is 299 g/mol. The molecule has 2 aromatic carbocycles. The van der Waals surface area contributed by atoms with Crippen molar-refractivity contribution in [2.75, 3.05) is 6.54 Å². The van der Waals surface area contributed by atoms with E-state index in [1.54, 1.807) is 12.1 Å². The van der Waals surface area contributed by atoms with E-state index in [1.807, 2.05) is 61.5 Å². The lowest BCUT2D eigenvalue weighted by atomic mass is 10.1. The third kappa shape index (κ3) is 2.64. The highest BCUT2D eigenvalue weighted by Gasteiger charge is 2.32. The van der Waals surface area contributed by atoms with Crippen molar-refractivity contribution in [1.29, 1.82) is 0 Å². The van der Waals surface area contributed by atoms with Gasteiger partial charge in [0.2, 0.25) is 10.0 Å². The number of benzene rings is 2. The van der Waals surface area contributed by atoms with Crippen LogP contribution in [0.15, 0.2) is 71.6 Å². The van der Waals surface area contributed by atoms with Gasteiger partial charge in [-0.3, -0.25) is 0 Å². The summed E-state index contributed by atoms with van der Waals surface area (Å²) in [6.07, 6.45) is 3.85. The Kier molecular flexibility index (Phi) is 3.66. The zero-order valence-electron chi connectivity index (χ0n) is 11.8. The molecule has 0 saturated carbocycles. The monoisotopic (exact) mass is 299 g/mol. The zero-order valence-corrected chi connectivity index (χ0v) is 12.6. The van der Waals surface area contributed by atoms with Gasteiger partial charge in [0.15, 0.2) is 0 Å². The summed E-state index contributed by atoms with van der Waals surface area (Å²) in [6, 6.07) is 16.5. The van der Waals surface area contributed by atoms with Gasteiger partial charge in [0.05, 0.1) is 10.9 Å². The molecule has 3 nitrogen and oxygen atoms in total. The molecule has 3 rings (SSSR count). The van der Waals surface area contributed by atoms with Crippen LogP contribution in [0.3, 0.4) is 0 Å². The van der Waals surface area contributed by atoms with Crippen LogP contribution in [0.5, 0.6) is 0 Å². The fraction of sp³-hybridized carbons (Fsp3) is 0.176. The lowest BCUT2D eigenvalue weighted by Crippen LogP contribution is -2.31. The SMILES string of the molecule is Cc1ccc(S(=O)(=O)N2CC=C[C@H]2c2ccccc2)cc1. The van der Waals surface area contributed by atoms with Crippen molar-refractivity contribution in [3.8, 4) is 0 Å². The van der Waals surface area contributed by atoms with E-state index in [-0.39, 0.29) is 6.04 Å². The van der Waals surface area contributed by atoms with Gasteiger partial charge in [-0.15, -0.1) is 0 Å². The van der Waals surface area contributed by atoms with Gasteiger partial charge in [-0.1, -0.05) is 60.2 Å². The second-order valence-electron chi connectivity index (χ2n) is 5.17. The minimum atomic E-state index is -3.48. The fourth-order valence-corrected chi connectivity index (χ4v) is 4.05. The van der Waals surface area contributed by atoms with Gasteiger partial charge in [0, 0.05) is 6.54 Å². The quantitative estimate of drug-likeness (QED) is 0.816. The van der Waals surface area contributed by atoms with E-state index < -0.39 is 10.0 Å². The number of sulfonamides is 1. The Balaban J connectivity index is 1.97. The topological polar surface area (TPSA) is 37.4 Å². The molecular formula is C17H17NO2S. The average Bonchev–Trinajstić information content (AvgIpc) is 2.99. The molecule has 108 valence electrons. The largest absolute Gasteiger partial charge is 0.244 e. The van der Waals surface area contributed by atoms with Crippen LogP contribution < -0.4 is 0 Å². The number of nitrogens with zero attached hydrogens (tertiary/aromatic N) is 1. The summed E-state index contributed by atoms with van der Waals surface area (Å²) >= 11 is 0. The first-order valence-corrected chi connectivity index (χ1v) is 8.33. The van der Waals surface area contributed by atoms with Crippen LogP contribution in [0.25, 0.3) is 0 Å². The predicted molar refractivity (Wildman–Crippen MR) is 83.4 cm³/mol. The maximum absolute atomic E-state index is 12.8. The van der Waals surface area contributed by atoms with E-state index in [9.17, 15) is 8.42 Å². The number of hydrogen-bond acceptors (Lipinski definition) is 2. The minimum Gasteiger partial charge on any atom is -0.207 e. The first-order valence-electron chi connectivity index (χ1n) is 6.89. The van der Waals surface area contributed by atoms with Crippen molar-refractivity contribution in [2.24, 2.45) is 0 Å². The lowest BCUT2D eigenvalue weighted by molar-refractivity contribution is 0.418. The van der Waals surface area contributed by atoms with Crippen LogP contribution in [0.1, 0.15) is 17.2 Å². The standard InChI is InChI=1S/C17H17NO2S/c1-14-9-11-16(12-10-14)21(19,20)18-13-5-8-17(18)15-6-3-2-4-7-15/h2-12,17H,13H2,1H3/t17-/m0/s1. The van der Waals surface area contributed by atoms with Crippen molar-refractivity contribution in [3.05, 3.63) is 77.9 Å². The Morgan fingerprint density at radius 1 is 1.00 bits per heavy atom. The highest BCUT2D eigenvalue weighted by Crippen LogP contribution is 2.32. The maximum Gasteiger partial charge on any atom is 0.244 e. The summed E-state index contributed by atoms with van der Waals surface area (Å²) in [4.78, 5) is 0.345. The summed E-state index contributed by atoms with van der Waals surface area (Å²) in [7, 11) is -3.48. The van der Waals surface area contributed by atoms with Gasteiger partial charge < -0.3 is 0 Å². The molecule has 0 spiro atoms. The summed E-state index contributed by atoms with van der Waals surface area (Å²) in [5.74, 6) is 0. The van der Waals surface area contributed by atoms with Gasteiger partial charge in [-0.05, 0) is 24.6 Å². The lowest BCUT2D eigenvalue weighted by Gasteiger charge is -2.24. The maximum atomic E-state index is 12.8. The van der Waals surface area contributed by atoms with Crippen molar-refractivity contribution in [2.45, 2.75) is 17.9 Å². The van der Waals surface area contributed by atoms with Crippen LogP contribution in [-0.2, 0) is 10.0 Å². The summed E-state index contributed by atoms with van der Waals surface area (Å²) in [5, 5.41) is 0. The molecule has 1 atom stereocenters. The van der Waals surface area contributed by atoms with Crippen LogP contribution >= 0.6 is 0 Å². The molecule has 0 amide bonds. The van der Waals surface area contributed by atoms with Crippen molar-refractivity contribution in [1.82, 2.24) is 4.31 Å². The molecular weight excluding hydrogens is 282 g/mol. The van der Waals surface area contributed by atoms with Crippen LogP contribution in [0, 0.1) is 6.92 Å². The first-order chi connectivity index (χ1) is 10.1. The van der Waals surface area contributed by atoms with E-state index in [0.29, 0.717) is 11.4 Å². The van der Waals surface area contributed by atoms with Gasteiger partial charge in [0.25, 0.3) is 0 Å². The van der Waals surface area contributed by atoms with Crippen LogP contribution in [0.2, 0.25) is 0 Å². The van der Waals surface area contributed by atoms with Crippen molar-refractivity contribution >= 4 is 10.0 Å². The van der Waals surface area contributed by atoms with E-state index in [1.165, 1.54) is 4.31 Å². The summed E-state index contributed by atoms with van der Waals surface area (Å²) in [6.45, 7) is 2.36. The molecule has 0 fully saturated rings. The Morgan fingerprint density at radius 3 is 2.33 bits per heavy atom. The second kappa shape index (κ2) is 5.47. The Morgan fingerprint density at radius 2 is 1.67 bits per heavy atom. The predicted octanol–water partition coefficient (Wildman–Crippen LogP) is 3.30. The van der Waals surface area contributed by atoms with Crippen molar-refractivity contribution in [3.63, 3.8) is 0 Å². The smallest absolute Gasteiger partial charge is 0.207 e. The Labute approximate surface area is 125 Å². The number of hydrogen-bond donors (Lipinski definition) is 0. The molecule has 0 aromatic heterocycles. The summed E-state index contributed by atoms with van der Waals surface area (Å²) < 4.78 is 27.2. The minimum absolute atomic E-state index is 0.225. The van der Waals surface area contributed by atoms with E-state index >= 15 is 0 Å². The molecule has 0 radical (unpaired) electrons. The normalized spacial score (nSPS) is 19.0. The Bertz CT molecular complexity index is 749. The van der Waals surface area contributed by atoms with Crippen molar-refractivity contribution < 1.29 is 8.42 Å². The van der Waals surface area contributed by atoms with Gasteiger partial charge in [-0.25, -0.2) is 8.42 Å². The highest BCUT2D eigenvalue weighted by molar-refractivity contribution is 7.89. The molecule has 1 heterocycles. The molecule has 0 saturated heterocycles. The molecule has 0 bridgehead atoms. The first kappa shape index (κ1) is 14.0. The number of aryl methyl sites for hydroxylation is 1. The van der Waals surface area contributed by atoms with Gasteiger partial charge in [0.1, 0.15) is 0 Å². The molecule has 4 heteroatoms. The fourth-order valence-electron chi connectivity index (χ4n) is 2.52. The molecule has 1 aliphatic rings. The Hall–Kier alpha value is -1.91. The third-order valence-corrected chi connectivity index (χ3v) is 5.54. The molecule has 0 unspecified atom stereocenters. The number of rotatable bonds is 3. The second-order valence-corrected chi connectivity index (χ2v) is 7.06. The zero-order chi connectivity index (χ0) is 14.9. The van der Waals surface area contributed by atoms with E-state index in [4.69, 9.17) is 0 Å².